The fourth-order valence-electron chi connectivity index (χ4n) is 3.42. The lowest BCUT2D eigenvalue weighted by Gasteiger charge is -2.19. The number of phosphoric ester groups is 2. The minimum Gasteiger partial charge on any atom is -0.387 e. The molecular formula is C14H21N5O11P2. The van der Waals surface area contributed by atoms with Crippen molar-refractivity contribution in [2.75, 3.05) is 18.9 Å². The van der Waals surface area contributed by atoms with Crippen LogP contribution in [-0.4, -0.2) is 70.6 Å². The Hall–Kier alpha value is -1.71. The van der Waals surface area contributed by atoms with E-state index in [9.17, 15) is 33.9 Å². The first-order valence-corrected chi connectivity index (χ1v) is 12.4. The zero-order chi connectivity index (χ0) is 23.3. The topological polar surface area (TPSA) is 231 Å². The first kappa shape index (κ1) is 23.4. The highest BCUT2D eigenvalue weighted by Crippen LogP contribution is 2.60. The Bertz CT molecular complexity index is 1170. The zero-order valence-electron chi connectivity index (χ0n) is 16.3. The van der Waals surface area contributed by atoms with Gasteiger partial charge in [-0.3, -0.25) is 23.0 Å². The van der Waals surface area contributed by atoms with Crippen molar-refractivity contribution in [1.82, 2.24) is 19.1 Å². The molecule has 0 aromatic carbocycles. The molecule has 32 heavy (non-hydrogen) atoms. The maximum absolute atomic E-state index is 12.9. The summed E-state index contributed by atoms with van der Waals surface area (Å²) in [7, 11) is -10.1. The highest BCUT2D eigenvalue weighted by molar-refractivity contribution is 7.61. The molecule has 0 saturated carbocycles. The van der Waals surface area contributed by atoms with Gasteiger partial charge in [0.1, 0.15) is 24.6 Å². The van der Waals surface area contributed by atoms with E-state index in [2.05, 4.69) is 23.3 Å². The number of imidazole rings is 1. The van der Waals surface area contributed by atoms with E-state index >= 15 is 0 Å². The quantitative estimate of drug-likeness (QED) is 0.270. The molecule has 2 unspecified atom stereocenters. The summed E-state index contributed by atoms with van der Waals surface area (Å²) in [5, 5.41) is 20.6. The predicted octanol–water partition coefficient (Wildman–Crippen LogP) is -1.16. The molecule has 6 atom stereocenters. The molecule has 178 valence electrons. The highest BCUT2D eigenvalue weighted by Gasteiger charge is 2.46. The minimum atomic E-state index is -5.11. The third kappa shape index (κ3) is 4.52. The second-order valence-electron chi connectivity index (χ2n) is 7.15. The summed E-state index contributed by atoms with van der Waals surface area (Å²) < 4.78 is 45.2. The summed E-state index contributed by atoms with van der Waals surface area (Å²) in [6.07, 6.45) is -4.46. The van der Waals surface area contributed by atoms with Gasteiger partial charge in [-0.05, 0) is 12.8 Å². The Kier molecular flexibility index (Phi) is 6.28. The van der Waals surface area contributed by atoms with Crippen molar-refractivity contribution in [3.8, 4) is 0 Å². The summed E-state index contributed by atoms with van der Waals surface area (Å²) >= 11 is 0. The number of aromatic nitrogens is 4. The number of rotatable bonds is 0. The lowest BCUT2D eigenvalue weighted by atomic mass is 10.1. The number of aliphatic hydroxyl groups is 2. The number of hydrogen-bond donors (Lipinski definition) is 5. The molecule has 6 bridgehead atoms. The van der Waals surface area contributed by atoms with Gasteiger partial charge < -0.3 is 30.5 Å². The number of ether oxygens (including phenoxy) is 1. The van der Waals surface area contributed by atoms with Crippen molar-refractivity contribution >= 4 is 32.8 Å². The number of aliphatic hydroxyl groups excluding tert-OH is 2. The third-order valence-corrected chi connectivity index (χ3v) is 7.60. The molecule has 0 aliphatic carbocycles. The van der Waals surface area contributed by atoms with Crippen LogP contribution < -0.4 is 11.3 Å². The Labute approximate surface area is 179 Å². The molecule has 0 radical (unpaired) electrons. The van der Waals surface area contributed by atoms with E-state index in [1.54, 1.807) is 0 Å². The molecule has 2 aromatic heterocycles. The number of nitrogens with two attached hydrogens (primary N) is 1. The van der Waals surface area contributed by atoms with Gasteiger partial charge in [-0.2, -0.15) is 4.31 Å². The highest BCUT2D eigenvalue weighted by atomic mass is 31.3. The molecule has 1 saturated heterocycles. The van der Waals surface area contributed by atoms with Gasteiger partial charge in [-0.1, -0.05) is 0 Å². The second-order valence-corrected chi connectivity index (χ2v) is 10.2. The van der Waals surface area contributed by atoms with Crippen molar-refractivity contribution in [2.45, 2.75) is 43.9 Å². The van der Waals surface area contributed by atoms with E-state index in [-0.39, 0.29) is 36.7 Å². The molecular weight excluding hydrogens is 476 g/mol. The van der Waals surface area contributed by atoms with Crippen molar-refractivity contribution < 1.29 is 47.2 Å². The molecule has 3 aliphatic rings. The fraction of sp³-hybridized carbons (Fsp3) is 0.643. The van der Waals surface area contributed by atoms with Crippen LogP contribution in [0.15, 0.2) is 11.1 Å². The Morgan fingerprint density at radius 3 is 2.59 bits per heavy atom. The van der Waals surface area contributed by atoms with Crippen LogP contribution in [0.5, 0.6) is 0 Å². The molecule has 0 amide bonds. The van der Waals surface area contributed by atoms with Crippen LogP contribution in [-0.2, 0) is 33.8 Å². The van der Waals surface area contributed by atoms with Crippen LogP contribution in [0.3, 0.4) is 0 Å². The fourth-order valence-corrected chi connectivity index (χ4v) is 5.54. The zero-order valence-corrected chi connectivity index (χ0v) is 18.1. The lowest BCUT2D eigenvalue weighted by Crippen LogP contribution is -2.35. The average molecular weight is 497 g/mol. The van der Waals surface area contributed by atoms with Crippen LogP contribution in [0.4, 0.5) is 5.95 Å². The monoisotopic (exact) mass is 497 g/mol. The minimum absolute atomic E-state index is 0.00207. The SMILES string of the molecule is Nc1nc2c(=O)n3cnc2n1CCCCOP(=O)(O)OP(=O)(O)OC[C@H]1O[C@@H]3[C@H](O)[C@@H]1O. The number of anilines is 1. The molecule has 6 N–H and O–H groups in total. The van der Waals surface area contributed by atoms with E-state index in [1.807, 2.05) is 0 Å². The van der Waals surface area contributed by atoms with Gasteiger partial charge in [-0.25, -0.2) is 19.1 Å². The standard InChI is InChI=1S/C14H21N5O11P2/c15-14-17-8-11-16-6-19(12(8)22)13-10(21)9(20)7(29-13)5-28-32(25,26)30-31(23,24)27-4-2-1-3-18(11)14/h6-7,9-10,13,20-21H,1-5H2,(H2,15,17)(H,23,24)(H,25,26)/t7-,9-,10-,13-/m1/s1. The molecule has 16 nitrogen and oxygen atoms in total. The summed E-state index contributed by atoms with van der Waals surface area (Å²) in [5.74, 6) is -0.00207. The summed E-state index contributed by atoms with van der Waals surface area (Å²) in [6.45, 7) is -0.906. The first-order chi connectivity index (χ1) is 15.0. The predicted molar refractivity (Wildman–Crippen MR) is 104 cm³/mol. The van der Waals surface area contributed by atoms with E-state index in [4.69, 9.17) is 10.5 Å². The Morgan fingerprint density at radius 1 is 1.12 bits per heavy atom. The van der Waals surface area contributed by atoms with Crippen LogP contribution in [0.25, 0.3) is 11.2 Å². The lowest BCUT2D eigenvalue weighted by molar-refractivity contribution is -0.0539. The summed E-state index contributed by atoms with van der Waals surface area (Å²) in [5.41, 5.74) is 5.28. The Morgan fingerprint density at radius 2 is 1.84 bits per heavy atom. The number of phosphoric acid groups is 2. The molecule has 5 heterocycles. The molecule has 5 rings (SSSR count). The first-order valence-electron chi connectivity index (χ1n) is 9.39. The summed E-state index contributed by atoms with van der Waals surface area (Å²) in [6, 6.07) is 0. The number of nitrogens with zero attached hydrogens (tertiary/aromatic N) is 4. The molecule has 3 aliphatic heterocycles. The van der Waals surface area contributed by atoms with Crippen molar-refractivity contribution in [1.29, 1.82) is 0 Å². The van der Waals surface area contributed by atoms with Gasteiger partial charge in [0.25, 0.3) is 5.56 Å². The molecule has 0 spiro atoms. The third-order valence-electron chi connectivity index (χ3n) is 4.96. The molecule has 2 aromatic rings. The molecule has 1 fully saturated rings. The maximum Gasteiger partial charge on any atom is 0.481 e. The van der Waals surface area contributed by atoms with Gasteiger partial charge in [0, 0.05) is 6.54 Å². The van der Waals surface area contributed by atoms with Gasteiger partial charge in [0.15, 0.2) is 17.4 Å². The van der Waals surface area contributed by atoms with E-state index in [1.165, 1.54) is 4.57 Å². The van der Waals surface area contributed by atoms with E-state index < -0.39 is 52.4 Å². The van der Waals surface area contributed by atoms with Crippen molar-refractivity contribution in [3.63, 3.8) is 0 Å². The van der Waals surface area contributed by atoms with Gasteiger partial charge >= 0.3 is 15.6 Å². The number of nitrogen functional groups attached to an aromatic ring is 1. The van der Waals surface area contributed by atoms with Crippen LogP contribution in [0.1, 0.15) is 19.1 Å². The van der Waals surface area contributed by atoms with Crippen molar-refractivity contribution in [3.05, 3.63) is 16.7 Å². The van der Waals surface area contributed by atoms with E-state index in [0.717, 1.165) is 10.9 Å². The van der Waals surface area contributed by atoms with E-state index in [0.29, 0.717) is 6.42 Å². The van der Waals surface area contributed by atoms with Crippen LogP contribution in [0, 0.1) is 0 Å². The van der Waals surface area contributed by atoms with Gasteiger partial charge in [-0.15, -0.1) is 0 Å². The summed E-state index contributed by atoms with van der Waals surface area (Å²) in [4.78, 5) is 40.5. The smallest absolute Gasteiger partial charge is 0.387 e. The Balaban J connectivity index is 1.72. The number of hydrogen-bond acceptors (Lipinski definition) is 12. The maximum atomic E-state index is 12.9. The normalized spacial score (nSPS) is 37.0. The van der Waals surface area contributed by atoms with Crippen LogP contribution >= 0.6 is 15.6 Å². The van der Waals surface area contributed by atoms with Gasteiger partial charge in [0.2, 0.25) is 5.95 Å². The van der Waals surface area contributed by atoms with Gasteiger partial charge in [0.05, 0.1) is 13.2 Å². The number of aryl methyl sites for hydroxylation is 1. The average Bonchev–Trinajstić information content (AvgIpc) is 3.16. The molecule has 18 heteroatoms. The second kappa shape index (κ2) is 8.57. The van der Waals surface area contributed by atoms with Crippen molar-refractivity contribution in [2.24, 2.45) is 0 Å². The van der Waals surface area contributed by atoms with Crippen LogP contribution in [0.2, 0.25) is 0 Å². The largest absolute Gasteiger partial charge is 0.481 e. The number of fused-ring (bicyclic) bond motifs is 10.